The molecule has 1 amide bonds. The van der Waals surface area contributed by atoms with Crippen molar-refractivity contribution in [1.82, 2.24) is 5.32 Å². The van der Waals surface area contributed by atoms with Gasteiger partial charge >= 0.3 is 0 Å². The van der Waals surface area contributed by atoms with E-state index in [1.165, 1.54) is 10.8 Å². The number of nitrogens with zero attached hydrogens (tertiary/aromatic N) is 1. The molecule has 112 valence electrons. The first kappa shape index (κ1) is 15.4. The average molecular weight is 284 g/mol. The predicted molar refractivity (Wildman–Crippen MR) is 89.7 cm³/mol. The number of hydrogen-bond donors (Lipinski definition) is 1. The Morgan fingerprint density at radius 3 is 2.43 bits per heavy atom. The monoisotopic (exact) mass is 284 g/mol. The van der Waals surface area contributed by atoms with Crippen molar-refractivity contribution in [2.24, 2.45) is 0 Å². The zero-order valence-electron chi connectivity index (χ0n) is 13.1. The molecule has 0 atom stereocenters. The predicted octanol–water partition coefficient (Wildman–Crippen LogP) is 3.58. The van der Waals surface area contributed by atoms with Crippen LogP contribution in [-0.4, -0.2) is 25.5 Å². The number of likely N-dealkylation sites (N-methyl/N-ethyl adjacent to an activating group) is 1. The molecule has 2 aromatic carbocycles. The van der Waals surface area contributed by atoms with E-state index in [0.29, 0.717) is 6.54 Å². The summed E-state index contributed by atoms with van der Waals surface area (Å²) >= 11 is 0. The molecule has 0 radical (unpaired) electrons. The van der Waals surface area contributed by atoms with E-state index in [2.05, 4.69) is 49.5 Å². The maximum Gasteiger partial charge on any atom is 0.239 e. The fraction of sp³-hybridized carbons (Fsp3) is 0.389. The van der Waals surface area contributed by atoms with Crippen LogP contribution in [0.15, 0.2) is 42.5 Å². The fourth-order valence-corrected chi connectivity index (χ4v) is 2.49. The minimum atomic E-state index is 0.0827. The number of fused-ring (bicyclic) bond motifs is 1. The lowest BCUT2D eigenvalue weighted by Gasteiger charge is -2.21. The second kappa shape index (κ2) is 7.11. The van der Waals surface area contributed by atoms with E-state index in [0.717, 1.165) is 18.5 Å². The van der Waals surface area contributed by atoms with E-state index in [9.17, 15) is 4.79 Å². The Labute approximate surface area is 127 Å². The molecule has 2 rings (SSSR count). The lowest BCUT2D eigenvalue weighted by atomic mass is 10.1. The molecule has 0 aliphatic carbocycles. The highest BCUT2D eigenvalue weighted by Gasteiger charge is 2.11. The Kier molecular flexibility index (Phi) is 5.20. The van der Waals surface area contributed by atoms with E-state index >= 15 is 0 Å². The molecule has 2 aromatic rings. The molecule has 0 spiro atoms. The van der Waals surface area contributed by atoms with Crippen molar-refractivity contribution in [3.8, 4) is 0 Å². The van der Waals surface area contributed by atoms with Crippen LogP contribution in [0.25, 0.3) is 10.8 Å². The summed E-state index contributed by atoms with van der Waals surface area (Å²) in [5, 5.41) is 5.49. The van der Waals surface area contributed by atoms with Gasteiger partial charge in [0.05, 0.1) is 6.54 Å². The quantitative estimate of drug-likeness (QED) is 0.879. The summed E-state index contributed by atoms with van der Waals surface area (Å²) in [6, 6.07) is 14.8. The molecule has 0 aliphatic rings. The van der Waals surface area contributed by atoms with E-state index in [1.807, 2.05) is 24.1 Å². The van der Waals surface area contributed by atoms with Gasteiger partial charge in [0.1, 0.15) is 0 Å². The van der Waals surface area contributed by atoms with Crippen LogP contribution >= 0.6 is 0 Å². The first-order valence-corrected chi connectivity index (χ1v) is 7.63. The summed E-state index contributed by atoms with van der Waals surface area (Å²) in [5.41, 5.74) is 1.06. The standard InChI is InChI=1S/C18H24N2O/c1-4-16(5-2)19-18(21)13-20(3)17-11-10-14-8-6-7-9-15(14)12-17/h6-12,16H,4-5,13H2,1-3H3,(H,19,21). The number of nitrogens with one attached hydrogen (secondary N) is 1. The molecule has 0 unspecified atom stereocenters. The highest BCUT2D eigenvalue weighted by Crippen LogP contribution is 2.21. The summed E-state index contributed by atoms with van der Waals surface area (Å²) in [7, 11) is 1.95. The third kappa shape index (κ3) is 3.97. The molecule has 0 fully saturated rings. The first-order chi connectivity index (χ1) is 10.1. The largest absolute Gasteiger partial charge is 0.365 e. The molecule has 0 bridgehead atoms. The van der Waals surface area contributed by atoms with Crippen LogP contribution in [0.5, 0.6) is 0 Å². The van der Waals surface area contributed by atoms with Gasteiger partial charge < -0.3 is 10.2 Å². The number of amides is 1. The Balaban J connectivity index is 2.04. The van der Waals surface area contributed by atoms with Gasteiger partial charge in [0.15, 0.2) is 0 Å². The van der Waals surface area contributed by atoms with Gasteiger partial charge in [-0.15, -0.1) is 0 Å². The van der Waals surface area contributed by atoms with E-state index in [-0.39, 0.29) is 11.9 Å². The Morgan fingerprint density at radius 1 is 1.10 bits per heavy atom. The molecule has 0 aliphatic heterocycles. The highest BCUT2D eigenvalue weighted by molar-refractivity contribution is 5.87. The number of benzene rings is 2. The molecule has 0 heterocycles. The van der Waals surface area contributed by atoms with Crippen molar-refractivity contribution in [2.75, 3.05) is 18.5 Å². The molecule has 3 nitrogen and oxygen atoms in total. The van der Waals surface area contributed by atoms with Crippen molar-refractivity contribution in [3.63, 3.8) is 0 Å². The van der Waals surface area contributed by atoms with E-state index in [1.54, 1.807) is 0 Å². The molecule has 1 N–H and O–H groups in total. The summed E-state index contributed by atoms with van der Waals surface area (Å²) in [4.78, 5) is 14.1. The Hall–Kier alpha value is -2.03. The van der Waals surface area contributed by atoms with E-state index in [4.69, 9.17) is 0 Å². The normalized spacial score (nSPS) is 10.9. The van der Waals surface area contributed by atoms with Gasteiger partial charge in [0, 0.05) is 18.8 Å². The number of carbonyl (C=O) groups is 1. The second-order valence-electron chi connectivity index (χ2n) is 5.47. The zero-order chi connectivity index (χ0) is 15.2. The van der Waals surface area contributed by atoms with Crippen LogP contribution in [0.3, 0.4) is 0 Å². The third-order valence-electron chi connectivity index (χ3n) is 3.91. The summed E-state index contributed by atoms with van der Waals surface area (Å²) < 4.78 is 0. The van der Waals surface area contributed by atoms with Gasteiger partial charge in [-0.25, -0.2) is 0 Å². The minimum Gasteiger partial charge on any atom is -0.365 e. The molecule has 21 heavy (non-hydrogen) atoms. The summed E-state index contributed by atoms with van der Waals surface area (Å²) in [5.74, 6) is 0.0827. The summed E-state index contributed by atoms with van der Waals surface area (Å²) in [6.07, 6.45) is 1.95. The van der Waals surface area contributed by atoms with Crippen LogP contribution in [0.2, 0.25) is 0 Å². The van der Waals surface area contributed by atoms with Crippen molar-refractivity contribution < 1.29 is 4.79 Å². The van der Waals surface area contributed by atoms with Crippen LogP contribution in [-0.2, 0) is 4.79 Å². The highest BCUT2D eigenvalue weighted by atomic mass is 16.2. The molecule has 3 heteroatoms. The SMILES string of the molecule is CCC(CC)NC(=O)CN(C)c1ccc2ccccc2c1. The van der Waals surface area contributed by atoms with Crippen LogP contribution < -0.4 is 10.2 Å². The Morgan fingerprint density at radius 2 is 1.76 bits per heavy atom. The average Bonchev–Trinajstić information content (AvgIpc) is 2.52. The van der Waals surface area contributed by atoms with Crippen LogP contribution in [0, 0.1) is 0 Å². The van der Waals surface area contributed by atoms with Crippen molar-refractivity contribution in [2.45, 2.75) is 32.7 Å². The summed E-state index contributed by atoms with van der Waals surface area (Å²) in [6.45, 7) is 4.58. The number of anilines is 1. The van der Waals surface area contributed by atoms with Gasteiger partial charge in [-0.1, -0.05) is 44.2 Å². The fourth-order valence-electron chi connectivity index (χ4n) is 2.49. The van der Waals surface area contributed by atoms with Crippen molar-refractivity contribution in [1.29, 1.82) is 0 Å². The minimum absolute atomic E-state index is 0.0827. The van der Waals surface area contributed by atoms with E-state index < -0.39 is 0 Å². The van der Waals surface area contributed by atoms with Gasteiger partial charge in [-0.3, -0.25) is 4.79 Å². The lowest BCUT2D eigenvalue weighted by Crippen LogP contribution is -2.40. The molecule has 0 aromatic heterocycles. The van der Waals surface area contributed by atoms with Crippen LogP contribution in [0.1, 0.15) is 26.7 Å². The third-order valence-corrected chi connectivity index (χ3v) is 3.91. The number of hydrogen-bond acceptors (Lipinski definition) is 2. The smallest absolute Gasteiger partial charge is 0.239 e. The maximum atomic E-state index is 12.1. The van der Waals surface area contributed by atoms with Gasteiger partial charge in [-0.2, -0.15) is 0 Å². The first-order valence-electron chi connectivity index (χ1n) is 7.63. The Bertz CT molecular complexity index is 605. The van der Waals surface area contributed by atoms with Crippen LogP contribution in [0.4, 0.5) is 5.69 Å². The lowest BCUT2D eigenvalue weighted by molar-refractivity contribution is -0.120. The van der Waals surface area contributed by atoms with Gasteiger partial charge in [-0.05, 0) is 35.7 Å². The second-order valence-corrected chi connectivity index (χ2v) is 5.47. The van der Waals surface area contributed by atoms with Crippen molar-refractivity contribution >= 4 is 22.4 Å². The maximum absolute atomic E-state index is 12.1. The van der Waals surface area contributed by atoms with Gasteiger partial charge in [0.25, 0.3) is 0 Å². The van der Waals surface area contributed by atoms with Gasteiger partial charge in [0.2, 0.25) is 5.91 Å². The molecule has 0 saturated heterocycles. The topological polar surface area (TPSA) is 32.3 Å². The number of carbonyl (C=O) groups excluding carboxylic acids is 1. The zero-order valence-corrected chi connectivity index (χ0v) is 13.1. The van der Waals surface area contributed by atoms with Crippen molar-refractivity contribution in [3.05, 3.63) is 42.5 Å². The number of rotatable bonds is 6. The molecular weight excluding hydrogens is 260 g/mol. The molecule has 0 saturated carbocycles. The molecular formula is C18H24N2O.